The van der Waals surface area contributed by atoms with Crippen LogP contribution in [-0.2, 0) is 16.2 Å². The number of nitrogens with zero attached hydrogens (tertiary/aromatic N) is 1. The number of hydroxylamine groups is 1. The summed E-state index contributed by atoms with van der Waals surface area (Å²) in [7, 11) is 0. The SMILES string of the molecule is CC.CC.CCCC[N-]OC(c1ccccc1C)C1CCCCC1.N.O=CNCc1ccccc1.[K+]. The molecule has 0 aliphatic heterocycles. The summed E-state index contributed by atoms with van der Waals surface area (Å²) in [6.45, 7) is 13.8. The Morgan fingerprint density at radius 3 is 2.11 bits per heavy atom. The molecule has 1 aliphatic carbocycles. The third-order valence-corrected chi connectivity index (χ3v) is 5.60. The first kappa shape index (κ1) is 39.9. The van der Waals surface area contributed by atoms with Gasteiger partial charge in [-0.1, -0.05) is 121 Å². The summed E-state index contributed by atoms with van der Waals surface area (Å²) in [5.74, 6) is 0.634. The van der Waals surface area contributed by atoms with Crippen molar-refractivity contribution in [3.63, 3.8) is 0 Å². The molecule has 36 heavy (non-hydrogen) atoms. The van der Waals surface area contributed by atoms with Crippen LogP contribution in [-0.4, -0.2) is 13.0 Å². The predicted molar refractivity (Wildman–Crippen MR) is 152 cm³/mol. The second kappa shape index (κ2) is 29.0. The van der Waals surface area contributed by atoms with Crippen LogP contribution in [0, 0.1) is 12.8 Å². The maximum absolute atomic E-state index is 9.87. The van der Waals surface area contributed by atoms with Crippen LogP contribution < -0.4 is 62.9 Å². The van der Waals surface area contributed by atoms with E-state index in [-0.39, 0.29) is 63.6 Å². The molecule has 0 bridgehead atoms. The Kier molecular flexibility index (Phi) is 32.2. The summed E-state index contributed by atoms with van der Waals surface area (Å²) in [6, 6.07) is 18.4. The molecule has 0 spiro atoms. The molecule has 1 aliphatic rings. The number of carbonyl (C=O) groups is 1. The van der Waals surface area contributed by atoms with Gasteiger partial charge in [-0.05, 0) is 42.4 Å². The number of aryl methyl sites for hydroxylation is 1. The van der Waals surface area contributed by atoms with Gasteiger partial charge in [-0.2, -0.15) is 0 Å². The van der Waals surface area contributed by atoms with Crippen LogP contribution in [0.15, 0.2) is 54.6 Å². The molecule has 0 radical (unpaired) electrons. The Balaban J connectivity index is -0.000000579. The average Bonchev–Trinajstić information content (AvgIpc) is 2.92. The van der Waals surface area contributed by atoms with Crippen LogP contribution in [0.2, 0.25) is 0 Å². The molecular formula is C30H52KN3O2. The van der Waals surface area contributed by atoms with Gasteiger partial charge in [0.2, 0.25) is 6.41 Å². The van der Waals surface area contributed by atoms with E-state index in [1.165, 1.54) is 49.7 Å². The number of amides is 1. The van der Waals surface area contributed by atoms with Gasteiger partial charge < -0.3 is 21.8 Å². The second-order valence-electron chi connectivity index (χ2n) is 7.97. The number of carbonyl (C=O) groups excluding carboxylic acids is 1. The van der Waals surface area contributed by atoms with Gasteiger partial charge in [-0.25, -0.2) is 0 Å². The third kappa shape index (κ3) is 17.8. The van der Waals surface area contributed by atoms with E-state index in [9.17, 15) is 4.79 Å². The number of hydrogen-bond donors (Lipinski definition) is 2. The Morgan fingerprint density at radius 1 is 0.972 bits per heavy atom. The molecule has 5 nitrogen and oxygen atoms in total. The van der Waals surface area contributed by atoms with Crippen molar-refractivity contribution in [1.82, 2.24) is 11.5 Å². The van der Waals surface area contributed by atoms with Gasteiger partial charge in [0.25, 0.3) is 0 Å². The first-order valence-corrected chi connectivity index (χ1v) is 13.3. The monoisotopic (exact) mass is 525 g/mol. The molecule has 2 aromatic carbocycles. The molecule has 1 amide bonds. The third-order valence-electron chi connectivity index (χ3n) is 5.60. The fourth-order valence-electron chi connectivity index (χ4n) is 3.85. The van der Waals surface area contributed by atoms with Crippen molar-refractivity contribution in [3.8, 4) is 0 Å². The number of hydrogen-bond acceptors (Lipinski definition) is 3. The molecule has 2 aromatic rings. The van der Waals surface area contributed by atoms with E-state index in [4.69, 9.17) is 4.84 Å². The van der Waals surface area contributed by atoms with Crippen molar-refractivity contribution < 1.29 is 61.0 Å². The average molecular weight is 526 g/mol. The maximum atomic E-state index is 9.87. The van der Waals surface area contributed by atoms with Gasteiger partial charge in [0, 0.05) is 6.54 Å². The summed E-state index contributed by atoms with van der Waals surface area (Å²) in [5.41, 5.74) is 8.13. The van der Waals surface area contributed by atoms with E-state index in [1.807, 2.05) is 58.0 Å². The molecule has 4 N–H and O–H groups in total. The standard InChI is InChI=1S/C18H28NO.C8H9NO.2C2H6.K.H3N/c1-3-4-14-19-20-18(16-11-6-5-7-12-16)17-13-9-8-10-15(17)2;10-7-9-6-8-4-2-1-3-5-8;2*1-2;;/h8-10,13,16,18H,3-7,11-12,14H2,1-2H3;1-5,7H,6H2,(H,9,10);2*1-2H3;;1H3/q-1;;;;+1;. The first-order chi connectivity index (χ1) is 16.8. The minimum Gasteiger partial charge on any atom is -0.534 e. The zero-order chi connectivity index (χ0) is 25.4. The Morgan fingerprint density at radius 2 is 1.56 bits per heavy atom. The molecule has 1 saturated carbocycles. The fourth-order valence-corrected chi connectivity index (χ4v) is 3.85. The number of unbranched alkanes of at least 4 members (excludes halogenated alkanes) is 1. The van der Waals surface area contributed by atoms with Gasteiger partial charge in [0.1, 0.15) is 0 Å². The Bertz CT molecular complexity index is 710. The Hall–Kier alpha value is -0.574. The largest absolute Gasteiger partial charge is 1.00 e. The van der Waals surface area contributed by atoms with Crippen molar-refractivity contribution in [2.75, 3.05) is 6.54 Å². The van der Waals surface area contributed by atoms with Gasteiger partial charge >= 0.3 is 51.4 Å². The van der Waals surface area contributed by atoms with Crippen LogP contribution >= 0.6 is 0 Å². The van der Waals surface area contributed by atoms with Crippen LogP contribution in [0.5, 0.6) is 0 Å². The van der Waals surface area contributed by atoms with Crippen LogP contribution in [0.3, 0.4) is 0 Å². The first-order valence-electron chi connectivity index (χ1n) is 13.3. The second-order valence-corrected chi connectivity index (χ2v) is 7.97. The Labute approximate surface area is 264 Å². The zero-order valence-electron chi connectivity index (χ0n) is 24.3. The quantitative estimate of drug-likeness (QED) is 0.176. The van der Waals surface area contributed by atoms with Crippen molar-refractivity contribution in [2.45, 2.75) is 99.1 Å². The summed E-state index contributed by atoms with van der Waals surface area (Å²) >= 11 is 0. The summed E-state index contributed by atoms with van der Waals surface area (Å²) < 4.78 is 0. The molecule has 0 aromatic heterocycles. The van der Waals surface area contributed by atoms with Gasteiger partial charge in [0.15, 0.2) is 0 Å². The van der Waals surface area contributed by atoms with Crippen molar-refractivity contribution in [2.24, 2.45) is 5.92 Å². The van der Waals surface area contributed by atoms with E-state index in [0.29, 0.717) is 18.9 Å². The van der Waals surface area contributed by atoms with Gasteiger partial charge in [-0.15, -0.1) is 6.54 Å². The van der Waals surface area contributed by atoms with E-state index in [2.05, 4.69) is 48.9 Å². The molecule has 200 valence electrons. The smallest absolute Gasteiger partial charge is 0.534 e. The summed E-state index contributed by atoms with van der Waals surface area (Å²) in [5, 5.41) is 2.58. The van der Waals surface area contributed by atoms with Crippen LogP contribution in [0.1, 0.15) is 102 Å². The number of benzene rings is 2. The van der Waals surface area contributed by atoms with Gasteiger partial charge in [-0.3, -0.25) is 4.79 Å². The predicted octanol–water partition coefficient (Wildman–Crippen LogP) is 5.87. The van der Waals surface area contributed by atoms with Crippen LogP contribution in [0.25, 0.3) is 5.48 Å². The molecular weight excluding hydrogens is 473 g/mol. The minimum absolute atomic E-state index is 0. The summed E-state index contributed by atoms with van der Waals surface area (Å²) in [6.07, 6.45) is 9.77. The topological polar surface area (TPSA) is 87.4 Å². The molecule has 0 saturated heterocycles. The minimum atomic E-state index is 0. The van der Waals surface area contributed by atoms with E-state index >= 15 is 0 Å². The van der Waals surface area contributed by atoms with Gasteiger partial charge in [0.05, 0.1) is 6.10 Å². The van der Waals surface area contributed by atoms with E-state index in [1.54, 1.807) is 0 Å². The number of nitrogens with one attached hydrogen (secondary N) is 1. The van der Waals surface area contributed by atoms with E-state index < -0.39 is 0 Å². The van der Waals surface area contributed by atoms with Crippen molar-refractivity contribution in [1.29, 1.82) is 0 Å². The molecule has 3 rings (SSSR count). The van der Waals surface area contributed by atoms with Crippen molar-refractivity contribution in [3.05, 3.63) is 76.8 Å². The fraction of sp³-hybridized carbons (Fsp3) is 0.567. The van der Waals surface area contributed by atoms with Crippen molar-refractivity contribution >= 4 is 6.41 Å². The van der Waals surface area contributed by atoms with E-state index in [0.717, 1.165) is 18.5 Å². The normalized spacial score (nSPS) is 12.8. The number of rotatable bonds is 10. The molecule has 1 atom stereocenters. The zero-order valence-corrected chi connectivity index (χ0v) is 27.4. The molecule has 1 unspecified atom stereocenters. The maximum Gasteiger partial charge on any atom is 1.00 e. The van der Waals surface area contributed by atoms with Crippen LogP contribution in [0.4, 0.5) is 0 Å². The molecule has 1 fully saturated rings. The summed E-state index contributed by atoms with van der Waals surface area (Å²) in [4.78, 5) is 15.8. The molecule has 0 heterocycles. The molecule has 6 heteroatoms.